The number of rotatable bonds is 10. The van der Waals surface area contributed by atoms with Gasteiger partial charge in [-0.2, -0.15) is 18.0 Å². The third kappa shape index (κ3) is 9.89. The lowest BCUT2D eigenvalue weighted by Gasteiger charge is -2.32. The van der Waals surface area contributed by atoms with Gasteiger partial charge in [-0.1, -0.05) is 25.3 Å². The summed E-state index contributed by atoms with van der Waals surface area (Å²) in [7, 11) is -5.64. The van der Waals surface area contributed by atoms with Gasteiger partial charge in [0, 0.05) is 39.1 Å². The SMILES string of the molecule is CS(=O)(=O)O.Cn1cncc1CN(CCN(CC1CCCCC1)S(=O)(=O)c1ccccn1)c1ccc(C#N)cc1F. The van der Waals surface area contributed by atoms with Crippen molar-refractivity contribution in [1.29, 1.82) is 5.26 Å². The quantitative estimate of drug-likeness (QED) is 0.342. The highest BCUT2D eigenvalue weighted by Gasteiger charge is 2.29. The summed E-state index contributed by atoms with van der Waals surface area (Å²) in [5, 5.41) is 9.16. The maximum Gasteiger partial charge on any atom is 0.261 e. The van der Waals surface area contributed by atoms with E-state index in [0.29, 0.717) is 25.0 Å². The first-order chi connectivity index (χ1) is 19.4. The van der Waals surface area contributed by atoms with Gasteiger partial charge in [-0.15, -0.1) is 0 Å². The first kappa shape index (κ1) is 32.1. The number of sulfonamides is 1. The minimum atomic E-state index is -3.83. The average Bonchev–Trinajstić information content (AvgIpc) is 3.34. The Hall–Kier alpha value is -3.38. The minimum absolute atomic E-state index is 0.0172. The van der Waals surface area contributed by atoms with Crippen molar-refractivity contribution in [3.05, 3.63) is 72.2 Å². The van der Waals surface area contributed by atoms with Crippen molar-refractivity contribution in [3.63, 3.8) is 0 Å². The van der Waals surface area contributed by atoms with E-state index in [2.05, 4.69) is 9.97 Å². The first-order valence-electron chi connectivity index (χ1n) is 13.1. The molecule has 0 bridgehead atoms. The van der Waals surface area contributed by atoms with Crippen LogP contribution in [0.25, 0.3) is 0 Å². The zero-order valence-electron chi connectivity index (χ0n) is 23.1. The number of nitriles is 1. The Balaban J connectivity index is 0.000000850. The van der Waals surface area contributed by atoms with E-state index in [1.807, 2.05) is 17.7 Å². The van der Waals surface area contributed by atoms with Crippen molar-refractivity contribution in [1.82, 2.24) is 18.8 Å². The van der Waals surface area contributed by atoms with E-state index in [0.717, 1.165) is 31.4 Å². The standard InChI is InChI=1S/C26H31FN6O2S.CH4O3S/c1-31-20-29-17-23(31)19-32(25-11-10-22(16-28)15-24(25)27)13-14-33(18-21-7-3-2-4-8-21)36(34,35)26-9-5-6-12-30-26;1-5(2,3)4/h5-6,9-12,15,17,20-21H,2-4,7-8,13-14,18-19H2,1H3;1H3,(H,2,3,4). The number of hydrogen-bond donors (Lipinski definition) is 1. The number of hydrogen-bond acceptors (Lipinski definition) is 8. The van der Waals surface area contributed by atoms with Gasteiger partial charge in [0.25, 0.3) is 20.1 Å². The van der Waals surface area contributed by atoms with E-state index in [1.54, 1.807) is 41.7 Å². The predicted octanol–water partition coefficient (Wildman–Crippen LogP) is 3.61. The number of imidazole rings is 1. The van der Waals surface area contributed by atoms with Gasteiger partial charge in [0.15, 0.2) is 5.03 Å². The lowest BCUT2D eigenvalue weighted by atomic mass is 9.89. The van der Waals surface area contributed by atoms with Crippen molar-refractivity contribution in [3.8, 4) is 6.07 Å². The molecule has 1 saturated carbocycles. The van der Waals surface area contributed by atoms with Gasteiger partial charge >= 0.3 is 0 Å². The third-order valence-electron chi connectivity index (χ3n) is 6.73. The second kappa shape index (κ2) is 14.5. The Morgan fingerprint density at radius 1 is 1.12 bits per heavy atom. The maximum absolute atomic E-state index is 15.1. The summed E-state index contributed by atoms with van der Waals surface area (Å²) >= 11 is 0. The van der Waals surface area contributed by atoms with Crippen LogP contribution >= 0.6 is 0 Å². The molecule has 11 nitrogen and oxygen atoms in total. The minimum Gasteiger partial charge on any atom is -0.362 e. The molecule has 222 valence electrons. The fourth-order valence-corrected chi connectivity index (χ4v) is 6.12. The van der Waals surface area contributed by atoms with Crippen molar-refractivity contribution in [2.75, 3.05) is 30.8 Å². The topological polar surface area (TPSA) is 149 Å². The highest BCUT2D eigenvalue weighted by atomic mass is 32.2. The average molecular weight is 607 g/mol. The molecule has 3 aromatic rings. The van der Waals surface area contributed by atoms with Crippen LogP contribution in [0.2, 0.25) is 0 Å². The molecule has 41 heavy (non-hydrogen) atoms. The van der Waals surface area contributed by atoms with Crippen molar-refractivity contribution in [2.24, 2.45) is 13.0 Å². The lowest BCUT2D eigenvalue weighted by Crippen LogP contribution is -2.42. The van der Waals surface area contributed by atoms with E-state index < -0.39 is 26.0 Å². The first-order valence-corrected chi connectivity index (χ1v) is 16.4. The molecule has 4 rings (SSSR count). The summed E-state index contributed by atoms with van der Waals surface area (Å²) in [6, 6.07) is 11.2. The van der Waals surface area contributed by atoms with Gasteiger partial charge in [-0.3, -0.25) is 4.55 Å². The molecular weight excluding hydrogens is 571 g/mol. The van der Waals surface area contributed by atoms with Crippen LogP contribution in [0.5, 0.6) is 0 Å². The summed E-state index contributed by atoms with van der Waals surface area (Å²) in [6.45, 7) is 1.17. The van der Waals surface area contributed by atoms with Crippen LogP contribution in [0, 0.1) is 23.1 Å². The van der Waals surface area contributed by atoms with Crippen molar-refractivity contribution >= 4 is 25.8 Å². The number of halogens is 1. The van der Waals surface area contributed by atoms with Gasteiger partial charge in [0.1, 0.15) is 5.82 Å². The summed E-state index contributed by atoms with van der Waals surface area (Å²) < 4.78 is 71.5. The van der Waals surface area contributed by atoms with Crippen LogP contribution in [-0.4, -0.2) is 66.1 Å². The molecule has 2 heterocycles. The monoisotopic (exact) mass is 606 g/mol. The molecule has 0 spiro atoms. The molecule has 0 aliphatic heterocycles. The second-order valence-electron chi connectivity index (χ2n) is 9.96. The number of benzene rings is 1. The molecule has 14 heteroatoms. The normalized spacial score (nSPS) is 14.2. The molecule has 1 aromatic carbocycles. The Bertz CT molecular complexity index is 1530. The predicted molar refractivity (Wildman–Crippen MR) is 152 cm³/mol. The largest absolute Gasteiger partial charge is 0.362 e. The van der Waals surface area contributed by atoms with Crippen molar-refractivity contribution < 1.29 is 25.8 Å². The highest BCUT2D eigenvalue weighted by molar-refractivity contribution is 7.89. The van der Waals surface area contributed by atoms with E-state index in [4.69, 9.17) is 9.81 Å². The smallest absolute Gasteiger partial charge is 0.261 e. The number of aryl methyl sites for hydroxylation is 1. The molecule has 0 saturated heterocycles. The molecule has 1 aliphatic rings. The Morgan fingerprint density at radius 2 is 1.83 bits per heavy atom. The van der Waals surface area contributed by atoms with E-state index in [-0.39, 0.29) is 29.6 Å². The molecule has 2 aromatic heterocycles. The zero-order valence-corrected chi connectivity index (χ0v) is 24.7. The number of nitrogens with zero attached hydrogens (tertiary/aromatic N) is 6. The van der Waals surface area contributed by atoms with Gasteiger partial charge in [-0.05, 0) is 49.1 Å². The van der Waals surface area contributed by atoms with Crippen LogP contribution < -0.4 is 4.90 Å². The van der Waals surface area contributed by atoms with E-state index in [9.17, 15) is 16.8 Å². The number of anilines is 1. The molecule has 0 atom stereocenters. The summed E-state index contributed by atoms with van der Waals surface area (Å²) in [6.07, 6.45) is 11.0. The van der Waals surface area contributed by atoms with Crippen LogP contribution in [0.3, 0.4) is 0 Å². The maximum atomic E-state index is 15.1. The zero-order chi connectivity index (χ0) is 30.0. The summed E-state index contributed by atoms with van der Waals surface area (Å²) in [5.74, 6) is -0.239. The molecule has 0 radical (unpaired) electrons. The van der Waals surface area contributed by atoms with Crippen LogP contribution in [0.15, 0.2) is 60.1 Å². The van der Waals surface area contributed by atoms with Crippen molar-refractivity contribution in [2.45, 2.75) is 43.7 Å². The van der Waals surface area contributed by atoms with E-state index in [1.165, 1.54) is 29.1 Å². The number of pyridine rings is 1. The van der Waals surface area contributed by atoms with Gasteiger partial charge in [-0.25, -0.2) is 22.8 Å². The van der Waals surface area contributed by atoms with Crippen LogP contribution in [0.4, 0.5) is 10.1 Å². The molecular formula is C27H35FN6O5S2. The van der Waals surface area contributed by atoms with E-state index >= 15 is 4.39 Å². The number of aromatic nitrogens is 3. The molecule has 1 aliphatic carbocycles. The summed E-state index contributed by atoms with van der Waals surface area (Å²) in [4.78, 5) is 10.1. The van der Waals surface area contributed by atoms with Crippen LogP contribution in [-0.2, 0) is 33.7 Å². The van der Waals surface area contributed by atoms with Crippen LogP contribution in [0.1, 0.15) is 43.4 Å². The second-order valence-corrected chi connectivity index (χ2v) is 13.3. The summed E-state index contributed by atoms with van der Waals surface area (Å²) in [5.41, 5.74) is 1.39. The third-order valence-corrected chi connectivity index (χ3v) is 8.52. The Kier molecular flexibility index (Phi) is 11.4. The Labute approximate surface area is 241 Å². The van der Waals surface area contributed by atoms with Gasteiger partial charge in [0.05, 0.1) is 42.1 Å². The molecule has 0 unspecified atom stereocenters. The lowest BCUT2D eigenvalue weighted by molar-refractivity contribution is 0.280. The molecule has 0 amide bonds. The Morgan fingerprint density at radius 3 is 2.39 bits per heavy atom. The molecule has 1 fully saturated rings. The molecule has 1 N–H and O–H groups in total. The highest BCUT2D eigenvalue weighted by Crippen LogP contribution is 2.27. The van der Waals surface area contributed by atoms with Gasteiger partial charge in [0.2, 0.25) is 0 Å². The fraction of sp³-hybridized carbons (Fsp3) is 0.444. The fourth-order valence-electron chi connectivity index (χ4n) is 4.68. The van der Waals surface area contributed by atoms with Gasteiger partial charge < -0.3 is 9.47 Å².